The van der Waals surface area contributed by atoms with E-state index in [2.05, 4.69) is 10.3 Å². The maximum Gasteiger partial charge on any atom is 0.257 e. The van der Waals surface area contributed by atoms with Crippen LogP contribution in [0.15, 0.2) is 18.3 Å². The summed E-state index contributed by atoms with van der Waals surface area (Å²) in [6, 6.07) is 3.21. The van der Waals surface area contributed by atoms with Crippen molar-refractivity contribution in [2.75, 3.05) is 13.7 Å². The second-order valence-electron chi connectivity index (χ2n) is 2.94. The lowest BCUT2D eigenvalue weighted by Crippen LogP contribution is -2.28. The van der Waals surface area contributed by atoms with Gasteiger partial charge in [-0.05, 0) is 19.1 Å². The Kier molecular flexibility index (Phi) is 3.79. The molecule has 5 heteroatoms. The van der Waals surface area contributed by atoms with Gasteiger partial charge in [0.25, 0.3) is 5.91 Å². The highest BCUT2D eigenvalue weighted by atomic mass is 16.5. The van der Waals surface area contributed by atoms with Crippen molar-refractivity contribution in [2.24, 2.45) is 0 Å². The Labute approximate surface area is 87.5 Å². The highest BCUT2D eigenvalue weighted by Gasteiger charge is 2.12. The molecule has 0 atom stereocenters. The summed E-state index contributed by atoms with van der Waals surface area (Å²) < 4.78 is 4.92. The average Bonchev–Trinajstić information content (AvgIpc) is 2.25. The maximum absolute atomic E-state index is 11.5. The molecule has 15 heavy (non-hydrogen) atoms. The topological polar surface area (TPSA) is 68.3 Å². The molecule has 0 unspecified atom stereocenters. The molecule has 1 N–H and O–H groups in total. The molecule has 1 amide bonds. The van der Waals surface area contributed by atoms with E-state index in [1.165, 1.54) is 20.2 Å². The number of rotatable bonds is 4. The van der Waals surface area contributed by atoms with Crippen molar-refractivity contribution in [3.05, 3.63) is 23.9 Å². The molecule has 1 aromatic heterocycles. The van der Waals surface area contributed by atoms with Crippen LogP contribution in [0.4, 0.5) is 0 Å². The van der Waals surface area contributed by atoms with Crippen molar-refractivity contribution >= 4 is 11.7 Å². The number of Topliss-reactive ketones (excluding diaryl/α,β-unsaturated/α-hetero) is 1. The summed E-state index contributed by atoms with van der Waals surface area (Å²) in [4.78, 5) is 26.1. The first-order valence-corrected chi connectivity index (χ1v) is 4.41. The van der Waals surface area contributed by atoms with Gasteiger partial charge >= 0.3 is 0 Å². The zero-order valence-corrected chi connectivity index (χ0v) is 8.61. The van der Waals surface area contributed by atoms with E-state index in [1.54, 1.807) is 12.1 Å². The van der Waals surface area contributed by atoms with Gasteiger partial charge in [-0.25, -0.2) is 4.98 Å². The quantitative estimate of drug-likeness (QED) is 0.778. The third-order valence-electron chi connectivity index (χ3n) is 1.71. The molecule has 1 rings (SSSR count). The van der Waals surface area contributed by atoms with Crippen molar-refractivity contribution in [2.45, 2.75) is 6.92 Å². The molecule has 0 aliphatic rings. The average molecular weight is 208 g/mol. The van der Waals surface area contributed by atoms with Crippen LogP contribution in [-0.2, 0) is 4.79 Å². The fourth-order valence-corrected chi connectivity index (χ4v) is 1.03. The number of pyridine rings is 1. The molecule has 0 saturated heterocycles. The van der Waals surface area contributed by atoms with E-state index in [9.17, 15) is 9.59 Å². The standard InChI is InChI=1S/C10H12N2O3/c1-7(13)6-12-9(14)8-4-3-5-11-10(8)15-2/h3-5H,6H2,1-2H3,(H,12,14). The van der Waals surface area contributed by atoms with Crippen LogP contribution in [0.5, 0.6) is 5.88 Å². The summed E-state index contributed by atoms with van der Waals surface area (Å²) in [5, 5.41) is 2.46. The summed E-state index contributed by atoms with van der Waals surface area (Å²) in [5.74, 6) is -0.222. The lowest BCUT2D eigenvalue weighted by molar-refractivity contribution is -0.116. The van der Waals surface area contributed by atoms with E-state index in [0.29, 0.717) is 5.56 Å². The Balaban J connectivity index is 2.77. The number of ketones is 1. The number of methoxy groups -OCH3 is 1. The van der Waals surface area contributed by atoms with E-state index >= 15 is 0 Å². The van der Waals surface area contributed by atoms with Gasteiger partial charge in [-0.15, -0.1) is 0 Å². The molecule has 0 radical (unpaired) electrons. The molecule has 1 aromatic rings. The smallest absolute Gasteiger partial charge is 0.257 e. The van der Waals surface area contributed by atoms with Crippen LogP contribution in [0.1, 0.15) is 17.3 Å². The van der Waals surface area contributed by atoms with E-state index < -0.39 is 0 Å². The summed E-state index contributed by atoms with van der Waals surface area (Å²) in [6.07, 6.45) is 1.53. The SMILES string of the molecule is COc1ncccc1C(=O)NCC(C)=O. The monoisotopic (exact) mass is 208 g/mol. The van der Waals surface area contributed by atoms with Gasteiger partial charge in [-0.3, -0.25) is 9.59 Å². The highest BCUT2D eigenvalue weighted by molar-refractivity contribution is 5.98. The van der Waals surface area contributed by atoms with Crippen LogP contribution in [0, 0.1) is 0 Å². The number of carbonyl (C=O) groups is 2. The summed E-state index contributed by atoms with van der Waals surface area (Å²) in [6.45, 7) is 1.41. The van der Waals surface area contributed by atoms with Gasteiger partial charge < -0.3 is 10.1 Å². The van der Waals surface area contributed by atoms with E-state index in [4.69, 9.17) is 4.74 Å². The van der Waals surface area contributed by atoms with Crippen molar-refractivity contribution in [1.29, 1.82) is 0 Å². The largest absolute Gasteiger partial charge is 0.480 e. The van der Waals surface area contributed by atoms with Crippen LogP contribution in [0.25, 0.3) is 0 Å². The summed E-state index contributed by atoms with van der Waals surface area (Å²) in [7, 11) is 1.43. The van der Waals surface area contributed by atoms with E-state index in [-0.39, 0.29) is 24.1 Å². The number of hydrogen-bond acceptors (Lipinski definition) is 4. The van der Waals surface area contributed by atoms with Gasteiger partial charge in [0.05, 0.1) is 13.7 Å². The van der Waals surface area contributed by atoms with Gasteiger partial charge in [0.15, 0.2) is 0 Å². The number of amides is 1. The highest BCUT2D eigenvalue weighted by Crippen LogP contribution is 2.12. The third-order valence-corrected chi connectivity index (χ3v) is 1.71. The van der Waals surface area contributed by atoms with Gasteiger partial charge in [0, 0.05) is 6.20 Å². The minimum absolute atomic E-state index is 0.0108. The second-order valence-corrected chi connectivity index (χ2v) is 2.94. The molecule has 5 nitrogen and oxygen atoms in total. The third kappa shape index (κ3) is 3.05. The Morgan fingerprint density at radius 2 is 2.27 bits per heavy atom. The summed E-state index contributed by atoms with van der Waals surface area (Å²) >= 11 is 0. The van der Waals surface area contributed by atoms with Gasteiger partial charge in [-0.1, -0.05) is 0 Å². The minimum atomic E-state index is -0.366. The van der Waals surface area contributed by atoms with Gasteiger partial charge in [-0.2, -0.15) is 0 Å². The lowest BCUT2D eigenvalue weighted by Gasteiger charge is -2.06. The van der Waals surface area contributed by atoms with Crippen LogP contribution in [-0.4, -0.2) is 30.3 Å². The number of hydrogen-bond donors (Lipinski definition) is 1. The minimum Gasteiger partial charge on any atom is -0.480 e. The summed E-state index contributed by atoms with van der Waals surface area (Å²) in [5.41, 5.74) is 0.321. The fourth-order valence-electron chi connectivity index (χ4n) is 1.03. The van der Waals surface area contributed by atoms with Gasteiger partial charge in [0.2, 0.25) is 5.88 Å². The first-order valence-electron chi connectivity index (χ1n) is 4.41. The molecule has 0 spiro atoms. The lowest BCUT2D eigenvalue weighted by atomic mass is 10.2. The molecule has 0 aliphatic carbocycles. The van der Waals surface area contributed by atoms with Gasteiger partial charge in [0.1, 0.15) is 11.3 Å². The number of carbonyl (C=O) groups excluding carboxylic acids is 2. The zero-order valence-electron chi connectivity index (χ0n) is 8.61. The Morgan fingerprint density at radius 3 is 2.87 bits per heavy atom. The predicted octanol–water partition coefficient (Wildman–Crippen LogP) is 0.409. The number of ether oxygens (including phenoxy) is 1. The van der Waals surface area contributed by atoms with Crippen molar-refractivity contribution in [3.8, 4) is 5.88 Å². The number of nitrogens with one attached hydrogen (secondary N) is 1. The molecule has 0 aliphatic heterocycles. The molecule has 80 valence electrons. The normalized spacial score (nSPS) is 9.47. The zero-order chi connectivity index (χ0) is 11.3. The fraction of sp³-hybridized carbons (Fsp3) is 0.300. The van der Waals surface area contributed by atoms with Crippen molar-refractivity contribution in [3.63, 3.8) is 0 Å². The van der Waals surface area contributed by atoms with E-state index in [1.807, 2.05) is 0 Å². The number of nitrogens with zero attached hydrogens (tertiary/aromatic N) is 1. The predicted molar refractivity (Wildman–Crippen MR) is 53.8 cm³/mol. The van der Waals surface area contributed by atoms with Crippen molar-refractivity contribution in [1.82, 2.24) is 10.3 Å². The van der Waals surface area contributed by atoms with Crippen molar-refractivity contribution < 1.29 is 14.3 Å². The Bertz CT molecular complexity index is 377. The van der Waals surface area contributed by atoms with E-state index in [0.717, 1.165) is 0 Å². The molecule has 0 bridgehead atoms. The van der Waals surface area contributed by atoms with Crippen LogP contribution >= 0.6 is 0 Å². The van der Waals surface area contributed by atoms with Crippen LogP contribution in [0.3, 0.4) is 0 Å². The Hall–Kier alpha value is -1.91. The molecule has 0 aromatic carbocycles. The first kappa shape index (κ1) is 11.2. The second kappa shape index (κ2) is 5.09. The Morgan fingerprint density at radius 1 is 1.53 bits per heavy atom. The number of aromatic nitrogens is 1. The molecular formula is C10H12N2O3. The van der Waals surface area contributed by atoms with Crippen LogP contribution in [0.2, 0.25) is 0 Å². The first-order chi connectivity index (χ1) is 7.15. The maximum atomic E-state index is 11.5. The molecule has 1 heterocycles. The van der Waals surface area contributed by atoms with Crippen LogP contribution < -0.4 is 10.1 Å². The molecule has 0 fully saturated rings. The molecule has 0 saturated carbocycles. The molecular weight excluding hydrogens is 196 g/mol.